The van der Waals surface area contributed by atoms with Crippen molar-refractivity contribution in [3.05, 3.63) is 29.6 Å². The zero-order valence-corrected chi connectivity index (χ0v) is 8.59. The number of nitrogen functional groups attached to an aromatic ring is 1. The summed E-state index contributed by atoms with van der Waals surface area (Å²) in [6.07, 6.45) is 0. The van der Waals surface area contributed by atoms with Crippen molar-refractivity contribution in [3.63, 3.8) is 0 Å². The van der Waals surface area contributed by atoms with E-state index in [1.807, 2.05) is 0 Å². The summed E-state index contributed by atoms with van der Waals surface area (Å²) in [4.78, 5) is 0. The van der Waals surface area contributed by atoms with E-state index in [0.717, 1.165) is 0 Å². The van der Waals surface area contributed by atoms with E-state index in [1.165, 1.54) is 0 Å². The lowest BCUT2D eigenvalue weighted by Gasteiger charge is -2.08. The molecule has 0 heterocycles. The Morgan fingerprint density at radius 2 is 2.14 bits per heavy atom. The van der Waals surface area contributed by atoms with Crippen LogP contribution in [0.3, 0.4) is 0 Å². The minimum absolute atomic E-state index is 0.177. The van der Waals surface area contributed by atoms with Crippen LogP contribution in [-0.4, -0.2) is 6.61 Å². The predicted octanol–water partition coefficient (Wildman–Crippen LogP) is 2.58. The summed E-state index contributed by atoms with van der Waals surface area (Å²) in [7, 11) is 0. The molecule has 0 saturated carbocycles. The van der Waals surface area contributed by atoms with Gasteiger partial charge in [0.2, 0.25) is 0 Å². The monoisotopic (exact) mass is 197 g/mol. The van der Waals surface area contributed by atoms with Gasteiger partial charge in [-0.2, -0.15) is 0 Å². The Balaban J connectivity index is 2.54. The Kier molecular flexibility index (Phi) is 3.89. The third kappa shape index (κ3) is 3.00. The highest BCUT2D eigenvalue weighted by molar-refractivity contribution is 5.42. The highest BCUT2D eigenvalue weighted by Gasteiger charge is 2.05. The van der Waals surface area contributed by atoms with Crippen LogP contribution in [0.1, 0.15) is 19.4 Å². The smallest absolute Gasteiger partial charge is 0.151 e. The first-order chi connectivity index (χ1) is 6.61. The molecule has 0 aromatic heterocycles. The quantitative estimate of drug-likeness (QED) is 0.753. The second-order valence-electron chi connectivity index (χ2n) is 3.73. The van der Waals surface area contributed by atoms with Crippen molar-refractivity contribution in [2.45, 2.75) is 20.5 Å². The Hall–Kier alpha value is -1.09. The summed E-state index contributed by atoms with van der Waals surface area (Å²) in [6.45, 7) is 5.02. The fourth-order valence-corrected chi connectivity index (χ4v) is 1.12. The topological polar surface area (TPSA) is 35.2 Å². The van der Waals surface area contributed by atoms with E-state index in [9.17, 15) is 4.39 Å². The number of nitrogens with two attached hydrogens (primary N) is 1. The number of hydrogen-bond acceptors (Lipinski definition) is 2. The van der Waals surface area contributed by atoms with Crippen LogP contribution in [0.4, 0.5) is 10.1 Å². The standard InChI is InChI=1S/C11H16FNO/c1-8(2)6-14-7-9-4-3-5-10(13)11(9)12/h3-5,8H,6-7,13H2,1-2H3. The molecule has 0 aliphatic carbocycles. The molecule has 0 atom stereocenters. The van der Waals surface area contributed by atoms with Crippen LogP contribution in [0.15, 0.2) is 18.2 Å². The minimum Gasteiger partial charge on any atom is -0.396 e. The van der Waals surface area contributed by atoms with Crippen LogP contribution < -0.4 is 5.73 Å². The number of ether oxygens (including phenoxy) is 1. The predicted molar refractivity (Wildman–Crippen MR) is 55.3 cm³/mol. The highest BCUT2D eigenvalue weighted by Crippen LogP contribution is 2.15. The van der Waals surface area contributed by atoms with Crippen molar-refractivity contribution in [2.24, 2.45) is 5.92 Å². The molecule has 0 unspecified atom stereocenters. The van der Waals surface area contributed by atoms with Gasteiger partial charge in [0, 0.05) is 12.2 Å². The lowest BCUT2D eigenvalue weighted by Crippen LogP contribution is -2.04. The Morgan fingerprint density at radius 1 is 1.43 bits per heavy atom. The van der Waals surface area contributed by atoms with E-state index >= 15 is 0 Å². The van der Waals surface area contributed by atoms with Crippen LogP contribution in [0, 0.1) is 11.7 Å². The van der Waals surface area contributed by atoms with Crippen molar-refractivity contribution >= 4 is 5.69 Å². The van der Waals surface area contributed by atoms with Crippen molar-refractivity contribution in [1.82, 2.24) is 0 Å². The third-order valence-electron chi connectivity index (χ3n) is 1.82. The maximum absolute atomic E-state index is 13.3. The molecule has 1 aromatic carbocycles. The van der Waals surface area contributed by atoms with Crippen molar-refractivity contribution < 1.29 is 9.13 Å². The molecule has 0 bridgehead atoms. The van der Waals surface area contributed by atoms with Crippen molar-refractivity contribution in [1.29, 1.82) is 0 Å². The molecule has 78 valence electrons. The van der Waals surface area contributed by atoms with Crippen LogP contribution in [0.25, 0.3) is 0 Å². The third-order valence-corrected chi connectivity index (χ3v) is 1.82. The molecular weight excluding hydrogens is 181 g/mol. The second kappa shape index (κ2) is 4.96. The lowest BCUT2D eigenvalue weighted by atomic mass is 10.2. The molecule has 0 fully saturated rings. The van der Waals surface area contributed by atoms with Gasteiger partial charge in [-0.3, -0.25) is 0 Å². The normalized spacial score (nSPS) is 10.9. The fourth-order valence-electron chi connectivity index (χ4n) is 1.12. The van der Waals surface area contributed by atoms with Gasteiger partial charge in [0.15, 0.2) is 5.82 Å². The first kappa shape index (κ1) is 11.0. The van der Waals surface area contributed by atoms with E-state index in [4.69, 9.17) is 10.5 Å². The van der Waals surface area contributed by atoms with Crippen molar-refractivity contribution in [3.8, 4) is 0 Å². The first-order valence-electron chi connectivity index (χ1n) is 4.72. The van der Waals surface area contributed by atoms with Gasteiger partial charge in [0.25, 0.3) is 0 Å². The highest BCUT2D eigenvalue weighted by atomic mass is 19.1. The van der Waals surface area contributed by atoms with Crippen LogP contribution in [0.5, 0.6) is 0 Å². The maximum atomic E-state index is 13.3. The van der Waals surface area contributed by atoms with E-state index in [1.54, 1.807) is 18.2 Å². The number of rotatable bonds is 4. The first-order valence-corrected chi connectivity index (χ1v) is 4.72. The van der Waals surface area contributed by atoms with Crippen LogP contribution in [0.2, 0.25) is 0 Å². The summed E-state index contributed by atoms with van der Waals surface area (Å²) in [6, 6.07) is 4.96. The molecule has 2 nitrogen and oxygen atoms in total. The fraction of sp³-hybridized carbons (Fsp3) is 0.455. The molecule has 3 heteroatoms. The van der Waals surface area contributed by atoms with Gasteiger partial charge >= 0.3 is 0 Å². The number of halogens is 1. The summed E-state index contributed by atoms with van der Waals surface area (Å²) in [5, 5.41) is 0. The average Bonchev–Trinajstić information content (AvgIpc) is 2.12. The molecule has 1 rings (SSSR count). The second-order valence-corrected chi connectivity index (χ2v) is 3.73. The summed E-state index contributed by atoms with van der Waals surface area (Å²) < 4.78 is 18.6. The summed E-state index contributed by atoms with van der Waals surface area (Å²) in [5.74, 6) is 0.0929. The van der Waals surface area contributed by atoms with Gasteiger partial charge in [-0.1, -0.05) is 26.0 Å². The largest absolute Gasteiger partial charge is 0.396 e. The number of hydrogen-bond donors (Lipinski definition) is 1. The molecule has 0 amide bonds. The maximum Gasteiger partial charge on any atom is 0.151 e. The van der Waals surface area contributed by atoms with Gasteiger partial charge in [0.05, 0.1) is 12.3 Å². The molecule has 0 spiro atoms. The Morgan fingerprint density at radius 3 is 2.79 bits per heavy atom. The summed E-state index contributed by atoms with van der Waals surface area (Å²) in [5.41, 5.74) is 6.12. The van der Waals surface area contributed by atoms with E-state index in [0.29, 0.717) is 18.1 Å². The van der Waals surface area contributed by atoms with Crippen LogP contribution >= 0.6 is 0 Å². The molecule has 0 aliphatic rings. The van der Waals surface area contributed by atoms with Gasteiger partial charge in [0.1, 0.15) is 0 Å². The van der Waals surface area contributed by atoms with Crippen molar-refractivity contribution in [2.75, 3.05) is 12.3 Å². The van der Waals surface area contributed by atoms with Gasteiger partial charge in [-0.05, 0) is 12.0 Å². The number of benzene rings is 1. The molecule has 0 radical (unpaired) electrons. The summed E-state index contributed by atoms with van der Waals surface area (Å²) >= 11 is 0. The molecule has 0 saturated heterocycles. The average molecular weight is 197 g/mol. The SMILES string of the molecule is CC(C)COCc1cccc(N)c1F. The molecule has 2 N–H and O–H groups in total. The minimum atomic E-state index is -0.365. The lowest BCUT2D eigenvalue weighted by molar-refractivity contribution is 0.0951. The van der Waals surface area contributed by atoms with E-state index in [-0.39, 0.29) is 18.1 Å². The molecule has 1 aromatic rings. The van der Waals surface area contributed by atoms with E-state index in [2.05, 4.69) is 13.8 Å². The number of anilines is 1. The molecular formula is C11H16FNO. The Bertz CT molecular complexity index is 299. The van der Waals surface area contributed by atoms with Gasteiger partial charge < -0.3 is 10.5 Å². The molecule has 14 heavy (non-hydrogen) atoms. The van der Waals surface area contributed by atoms with Gasteiger partial charge in [-0.15, -0.1) is 0 Å². The van der Waals surface area contributed by atoms with Gasteiger partial charge in [-0.25, -0.2) is 4.39 Å². The zero-order valence-electron chi connectivity index (χ0n) is 8.59. The Labute approximate surface area is 83.9 Å². The van der Waals surface area contributed by atoms with E-state index < -0.39 is 0 Å². The zero-order chi connectivity index (χ0) is 10.6. The van der Waals surface area contributed by atoms with Crippen LogP contribution in [-0.2, 0) is 11.3 Å². The molecule has 0 aliphatic heterocycles.